The van der Waals surface area contributed by atoms with Crippen LogP contribution in [0.25, 0.3) is 10.8 Å². The Balaban J connectivity index is 1.37. The zero-order valence-corrected chi connectivity index (χ0v) is 18.3. The predicted octanol–water partition coefficient (Wildman–Crippen LogP) is 5.77. The quantitative estimate of drug-likeness (QED) is 0.473. The largest absolute Gasteiger partial charge is 0.482 e. The zero-order chi connectivity index (χ0) is 21.6. The first-order valence-corrected chi connectivity index (χ1v) is 11.3. The summed E-state index contributed by atoms with van der Waals surface area (Å²) in [5, 5.41) is 6.48. The summed E-state index contributed by atoms with van der Waals surface area (Å²) in [4.78, 5) is 11.5. The van der Waals surface area contributed by atoms with Crippen molar-refractivity contribution in [3.63, 3.8) is 0 Å². The fourth-order valence-corrected chi connectivity index (χ4v) is 4.71. The Morgan fingerprint density at radius 3 is 2.74 bits per heavy atom. The molecular weight excluding hydrogens is 386 g/mol. The molecule has 0 heterocycles. The highest BCUT2D eigenvalue weighted by molar-refractivity contribution is 5.86. The fourth-order valence-electron chi connectivity index (χ4n) is 4.71. The van der Waals surface area contributed by atoms with E-state index in [0.29, 0.717) is 24.6 Å². The maximum absolute atomic E-state index is 11.5. The molecule has 1 aliphatic rings. The summed E-state index contributed by atoms with van der Waals surface area (Å²) in [5.74, 6) is 0.898. The highest BCUT2D eigenvalue weighted by Gasteiger charge is 2.27. The number of rotatable bonds is 8. The van der Waals surface area contributed by atoms with Crippen LogP contribution in [0, 0.1) is 0 Å². The zero-order valence-electron chi connectivity index (χ0n) is 18.3. The van der Waals surface area contributed by atoms with E-state index >= 15 is 0 Å². The Morgan fingerprint density at radius 1 is 1.06 bits per heavy atom. The maximum Gasteiger partial charge on any atom is 0.344 e. The van der Waals surface area contributed by atoms with E-state index in [9.17, 15) is 4.79 Å². The Labute approximate surface area is 184 Å². The topological polar surface area (TPSA) is 47.6 Å². The van der Waals surface area contributed by atoms with Crippen LogP contribution in [0.1, 0.15) is 56.2 Å². The molecule has 0 aliphatic heterocycles. The van der Waals surface area contributed by atoms with Crippen molar-refractivity contribution in [2.24, 2.45) is 0 Å². The van der Waals surface area contributed by atoms with Gasteiger partial charge in [0.2, 0.25) is 0 Å². The average molecular weight is 418 g/mol. The lowest BCUT2D eigenvalue weighted by atomic mass is 9.96. The summed E-state index contributed by atoms with van der Waals surface area (Å²) >= 11 is 0. The van der Waals surface area contributed by atoms with E-state index in [-0.39, 0.29) is 12.6 Å². The van der Waals surface area contributed by atoms with Crippen LogP contribution in [-0.2, 0) is 9.53 Å². The molecule has 2 unspecified atom stereocenters. The third-order valence-electron chi connectivity index (χ3n) is 6.20. The molecule has 4 nitrogen and oxygen atoms in total. The van der Waals surface area contributed by atoms with E-state index in [4.69, 9.17) is 9.47 Å². The summed E-state index contributed by atoms with van der Waals surface area (Å²) in [6, 6.07) is 24.1. The molecule has 0 aromatic heterocycles. The van der Waals surface area contributed by atoms with Gasteiger partial charge in [-0.3, -0.25) is 0 Å². The summed E-state index contributed by atoms with van der Waals surface area (Å²) in [7, 11) is 0. The Morgan fingerprint density at radius 2 is 1.87 bits per heavy atom. The molecule has 4 rings (SSSR count). The molecule has 3 aromatic carbocycles. The van der Waals surface area contributed by atoms with Gasteiger partial charge in [0.05, 0.1) is 6.61 Å². The molecule has 1 N–H and O–H groups in total. The lowest BCUT2D eigenvalue weighted by molar-refractivity contribution is -0.145. The smallest absolute Gasteiger partial charge is 0.344 e. The second-order valence-electron chi connectivity index (χ2n) is 8.33. The summed E-state index contributed by atoms with van der Waals surface area (Å²) < 4.78 is 10.6. The number of carbonyl (C=O) groups excluding carboxylic acids is 1. The molecule has 1 fully saturated rings. The summed E-state index contributed by atoms with van der Waals surface area (Å²) in [5.41, 5.74) is 2.64. The lowest BCUT2D eigenvalue weighted by Gasteiger charge is -2.21. The monoisotopic (exact) mass is 417 g/mol. The number of nitrogens with one attached hydrogen (secondary N) is 1. The molecule has 0 amide bonds. The molecular formula is C27H31NO3. The van der Waals surface area contributed by atoms with Gasteiger partial charge in [0, 0.05) is 12.1 Å². The van der Waals surface area contributed by atoms with Gasteiger partial charge in [0.1, 0.15) is 5.75 Å². The number of hydrogen-bond donors (Lipinski definition) is 1. The number of hydrogen-bond acceptors (Lipinski definition) is 4. The Hall–Kier alpha value is -2.85. The van der Waals surface area contributed by atoms with Gasteiger partial charge in [-0.15, -0.1) is 0 Å². The highest BCUT2D eigenvalue weighted by atomic mass is 16.6. The number of fused-ring (bicyclic) bond motifs is 1. The van der Waals surface area contributed by atoms with Crippen LogP contribution in [0.2, 0.25) is 0 Å². The SMILES string of the molecule is CCOC(=O)COc1cccc(C2CC[C@H](NC(C)c3cccc4ccccc34)C2)c1. The second-order valence-corrected chi connectivity index (χ2v) is 8.33. The van der Waals surface area contributed by atoms with E-state index in [1.165, 1.54) is 21.9 Å². The molecule has 162 valence electrons. The summed E-state index contributed by atoms with van der Waals surface area (Å²) in [6.07, 6.45) is 3.42. The van der Waals surface area contributed by atoms with Crippen LogP contribution in [0.3, 0.4) is 0 Å². The molecule has 3 atom stereocenters. The number of benzene rings is 3. The molecule has 1 saturated carbocycles. The average Bonchev–Trinajstić information content (AvgIpc) is 3.26. The van der Waals surface area contributed by atoms with E-state index in [0.717, 1.165) is 25.0 Å². The minimum absolute atomic E-state index is 0.0469. The lowest BCUT2D eigenvalue weighted by Crippen LogP contribution is -2.29. The van der Waals surface area contributed by atoms with Gasteiger partial charge in [-0.1, -0.05) is 54.6 Å². The maximum atomic E-state index is 11.5. The fraction of sp³-hybridized carbons (Fsp3) is 0.370. The van der Waals surface area contributed by atoms with Crippen molar-refractivity contribution < 1.29 is 14.3 Å². The van der Waals surface area contributed by atoms with Crippen LogP contribution >= 0.6 is 0 Å². The molecule has 0 saturated heterocycles. The number of ether oxygens (including phenoxy) is 2. The normalized spacial score (nSPS) is 19.3. The van der Waals surface area contributed by atoms with Gasteiger partial charge in [-0.2, -0.15) is 0 Å². The third kappa shape index (κ3) is 5.26. The first kappa shape index (κ1) is 21.4. The van der Waals surface area contributed by atoms with Crippen LogP contribution in [0.5, 0.6) is 5.75 Å². The van der Waals surface area contributed by atoms with Gasteiger partial charge in [-0.25, -0.2) is 4.79 Å². The predicted molar refractivity (Wildman–Crippen MR) is 124 cm³/mol. The third-order valence-corrected chi connectivity index (χ3v) is 6.20. The minimum Gasteiger partial charge on any atom is -0.482 e. The van der Waals surface area contributed by atoms with Gasteiger partial charge in [-0.05, 0) is 73.1 Å². The van der Waals surface area contributed by atoms with Crippen molar-refractivity contribution in [3.05, 3.63) is 77.9 Å². The molecule has 3 aromatic rings. The van der Waals surface area contributed by atoms with E-state index < -0.39 is 0 Å². The molecule has 0 radical (unpaired) electrons. The Bertz CT molecular complexity index is 1030. The molecule has 4 heteroatoms. The van der Waals surface area contributed by atoms with Crippen LogP contribution < -0.4 is 10.1 Å². The standard InChI is InChI=1S/C27H31NO3/c1-3-30-27(29)18-31-24-11-6-10-21(17-24)22-14-15-23(16-22)28-19(2)25-13-7-9-20-8-4-5-12-26(20)25/h4-13,17,19,22-23,28H,3,14-16,18H2,1-2H3/t19?,22?,23-/m0/s1. The molecule has 31 heavy (non-hydrogen) atoms. The van der Waals surface area contributed by atoms with E-state index in [2.05, 4.69) is 66.8 Å². The van der Waals surface area contributed by atoms with Crippen LogP contribution in [0.4, 0.5) is 0 Å². The first-order chi connectivity index (χ1) is 15.1. The van der Waals surface area contributed by atoms with E-state index in [1.54, 1.807) is 6.92 Å². The molecule has 0 bridgehead atoms. The van der Waals surface area contributed by atoms with Crippen molar-refractivity contribution in [3.8, 4) is 5.75 Å². The van der Waals surface area contributed by atoms with Crippen molar-refractivity contribution in [1.82, 2.24) is 5.32 Å². The molecule has 1 aliphatic carbocycles. The first-order valence-electron chi connectivity index (χ1n) is 11.3. The number of carbonyl (C=O) groups is 1. The Kier molecular flexibility index (Phi) is 6.88. The van der Waals surface area contributed by atoms with Gasteiger partial charge in [0.25, 0.3) is 0 Å². The second kappa shape index (κ2) is 9.97. The van der Waals surface area contributed by atoms with Crippen LogP contribution in [0.15, 0.2) is 66.7 Å². The minimum atomic E-state index is -0.333. The van der Waals surface area contributed by atoms with Crippen molar-refractivity contribution in [1.29, 1.82) is 0 Å². The van der Waals surface area contributed by atoms with Gasteiger partial charge < -0.3 is 14.8 Å². The van der Waals surface area contributed by atoms with Crippen LogP contribution in [-0.4, -0.2) is 25.2 Å². The van der Waals surface area contributed by atoms with Crippen molar-refractivity contribution in [2.45, 2.75) is 51.1 Å². The highest BCUT2D eigenvalue weighted by Crippen LogP contribution is 2.37. The van der Waals surface area contributed by atoms with Crippen molar-refractivity contribution >= 4 is 16.7 Å². The van der Waals surface area contributed by atoms with Gasteiger partial charge in [0.15, 0.2) is 6.61 Å². The van der Waals surface area contributed by atoms with E-state index in [1.807, 2.05) is 12.1 Å². The van der Waals surface area contributed by atoms with Gasteiger partial charge >= 0.3 is 5.97 Å². The summed E-state index contributed by atoms with van der Waals surface area (Å²) in [6.45, 7) is 4.38. The number of esters is 1. The van der Waals surface area contributed by atoms with Crippen molar-refractivity contribution in [2.75, 3.05) is 13.2 Å². The molecule has 0 spiro atoms.